The number of nitro groups is 1. The summed E-state index contributed by atoms with van der Waals surface area (Å²) in [4.78, 5) is 27.8. The molecule has 3 aromatic carbocycles. The maximum Gasteiger partial charge on any atom is 0.365 e. The number of rotatable bonds is 6. The largest absolute Gasteiger partial charge is 0.365 e. The van der Waals surface area contributed by atoms with Crippen LogP contribution in [0.1, 0.15) is 21.5 Å². The predicted molar refractivity (Wildman–Crippen MR) is 109 cm³/mol. The topological polar surface area (TPSA) is 81.8 Å². The molecule has 0 radical (unpaired) electrons. The van der Waals surface area contributed by atoms with Crippen molar-refractivity contribution in [2.24, 2.45) is 5.16 Å². The Morgan fingerprint density at radius 1 is 0.964 bits per heavy atom. The second kappa shape index (κ2) is 9.05. The number of benzene rings is 3. The zero-order valence-corrected chi connectivity index (χ0v) is 16.2. The Balaban J connectivity index is 1.83. The van der Waals surface area contributed by atoms with Gasteiger partial charge in [0.2, 0.25) is 0 Å². The minimum Gasteiger partial charge on any atom is -0.313 e. The Kier molecular flexibility index (Phi) is 6.29. The first kappa shape index (κ1) is 19.4. The lowest BCUT2D eigenvalue weighted by Crippen LogP contribution is -2.09. The van der Waals surface area contributed by atoms with Gasteiger partial charge in [-0.2, -0.15) is 0 Å². The molecule has 0 aliphatic heterocycles. The fourth-order valence-corrected chi connectivity index (χ4v) is 2.91. The number of hydrogen-bond acceptors (Lipinski definition) is 5. The third-order valence-corrected chi connectivity index (χ3v) is 4.42. The highest BCUT2D eigenvalue weighted by Gasteiger charge is 2.12. The van der Waals surface area contributed by atoms with Crippen molar-refractivity contribution in [3.63, 3.8) is 0 Å². The van der Waals surface area contributed by atoms with Crippen LogP contribution in [0.2, 0.25) is 0 Å². The van der Waals surface area contributed by atoms with E-state index in [4.69, 9.17) is 4.84 Å². The lowest BCUT2D eigenvalue weighted by molar-refractivity contribution is -0.384. The number of nitro benzene ring substituents is 1. The second-order valence-corrected chi connectivity index (χ2v) is 6.81. The van der Waals surface area contributed by atoms with Crippen molar-refractivity contribution in [3.05, 3.63) is 110 Å². The molecule has 0 N–H and O–H groups in total. The van der Waals surface area contributed by atoms with Gasteiger partial charge in [0, 0.05) is 23.0 Å². The summed E-state index contributed by atoms with van der Waals surface area (Å²) < 4.78 is 0.764. The third-order valence-electron chi connectivity index (χ3n) is 3.92. The quantitative estimate of drug-likeness (QED) is 0.230. The minimum atomic E-state index is -0.571. The lowest BCUT2D eigenvalue weighted by atomic mass is 10.0. The smallest absolute Gasteiger partial charge is 0.313 e. The van der Waals surface area contributed by atoms with Gasteiger partial charge in [0.15, 0.2) is 0 Å². The van der Waals surface area contributed by atoms with Crippen LogP contribution in [0, 0.1) is 10.1 Å². The molecule has 0 aromatic heterocycles. The number of oxime groups is 1. The van der Waals surface area contributed by atoms with Gasteiger partial charge < -0.3 is 4.84 Å². The van der Waals surface area contributed by atoms with E-state index < -0.39 is 10.9 Å². The standard InChI is InChI=1S/C21H15BrN2O4/c22-18-8-4-7-17(14-18)21(25)28-23-20(16-5-2-1-3-6-16)13-15-9-11-19(12-10-15)24(26)27/h1-12,14H,13H2/b23-20+. The third kappa shape index (κ3) is 5.11. The van der Waals surface area contributed by atoms with Gasteiger partial charge in [-0.15, -0.1) is 0 Å². The molecular weight excluding hydrogens is 424 g/mol. The Bertz CT molecular complexity index is 1020. The van der Waals surface area contributed by atoms with Gasteiger partial charge in [0.25, 0.3) is 5.69 Å². The maximum absolute atomic E-state index is 12.3. The monoisotopic (exact) mass is 438 g/mol. The fraction of sp³-hybridized carbons (Fsp3) is 0.0476. The number of halogens is 1. The first-order valence-electron chi connectivity index (χ1n) is 8.35. The molecule has 3 aromatic rings. The van der Waals surface area contributed by atoms with E-state index in [1.165, 1.54) is 12.1 Å². The Labute approximate surface area is 169 Å². The van der Waals surface area contributed by atoms with E-state index in [1.807, 2.05) is 36.4 Å². The number of hydrogen-bond donors (Lipinski definition) is 0. The van der Waals surface area contributed by atoms with Crippen molar-refractivity contribution in [2.45, 2.75) is 6.42 Å². The van der Waals surface area contributed by atoms with Crippen LogP contribution < -0.4 is 0 Å². The van der Waals surface area contributed by atoms with Crippen molar-refractivity contribution >= 4 is 33.3 Å². The van der Waals surface area contributed by atoms with Crippen LogP contribution in [0.15, 0.2) is 88.5 Å². The van der Waals surface area contributed by atoms with E-state index in [0.29, 0.717) is 17.7 Å². The molecule has 0 aliphatic carbocycles. The van der Waals surface area contributed by atoms with Crippen molar-refractivity contribution in [1.82, 2.24) is 0 Å². The molecule has 0 atom stereocenters. The normalized spacial score (nSPS) is 11.1. The Hall–Kier alpha value is -3.32. The number of non-ortho nitro benzene ring substituents is 1. The molecule has 140 valence electrons. The molecule has 3 rings (SSSR count). The molecule has 6 nitrogen and oxygen atoms in total. The molecule has 0 amide bonds. The summed E-state index contributed by atoms with van der Waals surface area (Å²) >= 11 is 3.32. The van der Waals surface area contributed by atoms with Gasteiger partial charge in [0.1, 0.15) is 0 Å². The summed E-state index contributed by atoms with van der Waals surface area (Å²) in [5.41, 5.74) is 2.54. The van der Waals surface area contributed by atoms with E-state index in [1.54, 1.807) is 30.3 Å². The Morgan fingerprint density at radius 2 is 1.64 bits per heavy atom. The van der Waals surface area contributed by atoms with E-state index >= 15 is 0 Å². The van der Waals surface area contributed by atoms with Gasteiger partial charge in [-0.25, -0.2) is 4.79 Å². The summed E-state index contributed by atoms with van der Waals surface area (Å²) in [6.07, 6.45) is 0.355. The number of nitrogens with zero attached hydrogens (tertiary/aromatic N) is 2. The average Bonchev–Trinajstić information content (AvgIpc) is 2.72. The van der Waals surface area contributed by atoms with Crippen molar-refractivity contribution in [2.75, 3.05) is 0 Å². The van der Waals surface area contributed by atoms with Gasteiger partial charge in [-0.1, -0.05) is 69.6 Å². The van der Waals surface area contributed by atoms with E-state index in [9.17, 15) is 14.9 Å². The Morgan fingerprint density at radius 3 is 2.29 bits per heavy atom. The molecule has 0 saturated heterocycles. The van der Waals surface area contributed by atoms with Crippen LogP contribution in [0.5, 0.6) is 0 Å². The van der Waals surface area contributed by atoms with Crippen molar-refractivity contribution in [3.8, 4) is 0 Å². The zero-order valence-electron chi connectivity index (χ0n) is 14.6. The van der Waals surface area contributed by atoms with Gasteiger partial charge in [0.05, 0.1) is 16.2 Å². The molecule has 0 fully saturated rings. The van der Waals surface area contributed by atoms with Crippen molar-refractivity contribution in [1.29, 1.82) is 0 Å². The molecule has 0 saturated carbocycles. The van der Waals surface area contributed by atoms with Crippen LogP contribution >= 0.6 is 15.9 Å². The zero-order chi connectivity index (χ0) is 19.9. The molecule has 0 aliphatic rings. The summed E-state index contributed by atoms with van der Waals surface area (Å²) in [5, 5.41) is 14.9. The summed E-state index contributed by atoms with van der Waals surface area (Å²) in [6.45, 7) is 0. The highest BCUT2D eigenvalue weighted by molar-refractivity contribution is 9.10. The van der Waals surface area contributed by atoms with Crippen LogP contribution in [0.3, 0.4) is 0 Å². The first-order chi connectivity index (χ1) is 13.5. The van der Waals surface area contributed by atoms with E-state index in [2.05, 4.69) is 21.1 Å². The van der Waals surface area contributed by atoms with Crippen LogP contribution in [-0.4, -0.2) is 16.6 Å². The number of carbonyl (C=O) groups excluding carboxylic acids is 1. The molecule has 28 heavy (non-hydrogen) atoms. The van der Waals surface area contributed by atoms with Crippen LogP contribution in [0.25, 0.3) is 0 Å². The fourth-order valence-electron chi connectivity index (χ4n) is 2.51. The van der Waals surface area contributed by atoms with Crippen molar-refractivity contribution < 1.29 is 14.6 Å². The van der Waals surface area contributed by atoms with E-state index in [-0.39, 0.29) is 5.69 Å². The molecule has 0 spiro atoms. The van der Waals surface area contributed by atoms with Gasteiger partial charge in [-0.05, 0) is 29.3 Å². The maximum atomic E-state index is 12.3. The van der Waals surface area contributed by atoms with E-state index in [0.717, 1.165) is 15.6 Å². The van der Waals surface area contributed by atoms with Crippen LogP contribution in [-0.2, 0) is 11.3 Å². The van der Waals surface area contributed by atoms with Gasteiger partial charge >= 0.3 is 5.97 Å². The molecule has 0 heterocycles. The van der Waals surface area contributed by atoms with Gasteiger partial charge in [-0.3, -0.25) is 10.1 Å². The number of carbonyl (C=O) groups is 1. The minimum absolute atomic E-state index is 0.0167. The summed E-state index contributed by atoms with van der Waals surface area (Å²) in [6, 6.07) is 22.3. The first-order valence-corrected chi connectivity index (χ1v) is 9.15. The molecule has 0 bridgehead atoms. The highest BCUT2D eigenvalue weighted by atomic mass is 79.9. The molecule has 0 unspecified atom stereocenters. The second-order valence-electron chi connectivity index (χ2n) is 5.89. The average molecular weight is 439 g/mol. The summed E-state index contributed by atoms with van der Waals surface area (Å²) in [7, 11) is 0. The molecule has 7 heteroatoms. The highest BCUT2D eigenvalue weighted by Crippen LogP contribution is 2.16. The SMILES string of the molecule is O=C(O/N=C(\Cc1ccc([N+](=O)[O-])cc1)c1ccccc1)c1cccc(Br)c1. The molecular formula is C21H15BrN2O4. The van der Waals surface area contributed by atoms with Crippen LogP contribution in [0.4, 0.5) is 5.69 Å². The predicted octanol–water partition coefficient (Wildman–Crippen LogP) is 5.16. The summed E-state index contributed by atoms with van der Waals surface area (Å²) in [5.74, 6) is -0.571. The lowest BCUT2D eigenvalue weighted by Gasteiger charge is -2.07.